The molecule has 0 saturated heterocycles. The Hall–Kier alpha value is -3.38. The van der Waals surface area contributed by atoms with Crippen LogP contribution in [-0.2, 0) is 6.61 Å². The van der Waals surface area contributed by atoms with E-state index in [0.717, 1.165) is 32.3 Å². The Morgan fingerprint density at radius 2 is 1.75 bits per heavy atom. The Kier molecular flexibility index (Phi) is 7.23. The van der Waals surface area contributed by atoms with E-state index >= 15 is 0 Å². The van der Waals surface area contributed by atoms with E-state index in [0.29, 0.717) is 27.1 Å². The third kappa shape index (κ3) is 5.24. The summed E-state index contributed by atoms with van der Waals surface area (Å²) >= 11 is 13.8. The maximum absolute atomic E-state index is 13.0. The van der Waals surface area contributed by atoms with Crippen molar-refractivity contribution in [3.63, 3.8) is 0 Å². The molecule has 0 aliphatic carbocycles. The number of carbonyl (C=O) groups excluding carboxylic acids is 1. The number of anilines is 2. The van der Waals surface area contributed by atoms with Gasteiger partial charge in [-0.25, -0.2) is 0 Å². The predicted molar refractivity (Wildman–Crippen MR) is 147 cm³/mol. The minimum atomic E-state index is -0.110. The number of ketones is 1. The van der Waals surface area contributed by atoms with Crippen molar-refractivity contribution in [1.82, 2.24) is 0 Å². The molecule has 0 atom stereocenters. The lowest BCUT2D eigenvalue weighted by molar-refractivity contribution is 0.104. The Balaban J connectivity index is 1.35. The van der Waals surface area contributed by atoms with E-state index in [1.807, 2.05) is 60.7 Å². The average molecular weight is 534 g/mol. The van der Waals surface area contributed by atoms with Crippen LogP contribution in [-0.4, -0.2) is 12.9 Å². The van der Waals surface area contributed by atoms with Gasteiger partial charge in [0.2, 0.25) is 0 Å². The van der Waals surface area contributed by atoms with E-state index in [-0.39, 0.29) is 12.4 Å². The van der Waals surface area contributed by atoms with Crippen LogP contribution < -0.4 is 14.8 Å². The fourth-order valence-corrected chi connectivity index (χ4v) is 5.11. The van der Waals surface area contributed by atoms with Crippen LogP contribution in [0, 0.1) is 0 Å². The zero-order chi connectivity index (χ0) is 25.1. The van der Waals surface area contributed by atoms with E-state index in [2.05, 4.69) is 11.4 Å². The molecule has 1 heterocycles. The Morgan fingerprint density at radius 3 is 2.58 bits per heavy atom. The number of allylic oxidation sites excluding steroid dienone is 1. The van der Waals surface area contributed by atoms with Crippen molar-refractivity contribution < 1.29 is 14.3 Å². The molecule has 1 N–H and O–H groups in total. The van der Waals surface area contributed by atoms with Gasteiger partial charge < -0.3 is 14.8 Å². The molecule has 0 unspecified atom stereocenters. The van der Waals surface area contributed by atoms with Crippen molar-refractivity contribution in [2.45, 2.75) is 16.4 Å². The first-order valence-corrected chi connectivity index (χ1v) is 12.7. The molecule has 0 amide bonds. The van der Waals surface area contributed by atoms with Crippen LogP contribution in [0.15, 0.2) is 94.7 Å². The van der Waals surface area contributed by atoms with Gasteiger partial charge in [0, 0.05) is 20.9 Å². The van der Waals surface area contributed by atoms with Gasteiger partial charge in [0.25, 0.3) is 0 Å². The second-order valence-electron chi connectivity index (χ2n) is 8.05. The van der Waals surface area contributed by atoms with Gasteiger partial charge >= 0.3 is 0 Å². The number of carbonyl (C=O) groups is 1. The standard InChI is InChI=1S/C29H21Cl2NO3S/c1-34-26-7-4-5-19(29(26)35-17-18-9-12-21(30)22(31)15-18)10-13-25(33)20-11-14-28-24(16-20)32-23-6-2-3-8-27(23)36-28/h2-16,32H,17H2,1H3/b13-10+. The summed E-state index contributed by atoms with van der Waals surface area (Å²) in [6.07, 6.45) is 3.29. The molecule has 36 heavy (non-hydrogen) atoms. The van der Waals surface area contributed by atoms with Crippen LogP contribution in [0.4, 0.5) is 11.4 Å². The van der Waals surface area contributed by atoms with Crippen molar-refractivity contribution in [2.24, 2.45) is 0 Å². The van der Waals surface area contributed by atoms with Gasteiger partial charge in [-0.3, -0.25) is 4.79 Å². The van der Waals surface area contributed by atoms with Crippen LogP contribution in [0.25, 0.3) is 6.08 Å². The zero-order valence-electron chi connectivity index (χ0n) is 19.3. The first-order chi connectivity index (χ1) is 17.5. The maximum Gasteiger partial charge on any atom is 0.185 e. The molecular formula is C29H21Cl2NO3S. The number of nitrogens with one attached hydrogen (secondary N) is 1. The average Bonchev–Trinajstić information content (AvgIpc) is 2.90. The summed E-state index contributed by atoms with van der Waals surface area (Å²) < 4.78 is 11.6. The Morgan fingerprint density at radius 1 is 0.917 bits per heavy atom. The molecule has 0 aromatic heterocycles. The molecule has 7 heteroatoms. The van der Waals surface area contributed by atoms with Crippen LogP contribution in [0.3, 0.4) is 0 Å². The summed E-state index contributed by atoms with van der Waals surface area (Å²) in [6.45, 7) is 0.266. The van der Waals surface area contributed by atoms with E-state index in [9.17, 15) is 4.79 Å². The lowest BCUT2D eigenvalue weighted by Gasteiger charge is -2.20. The van der Waals surface area contributed by atoms with Gasteiger partial charge in [0.15, 0.2) is 17.3 Å². The highest BCUT2D eigenvalue weighted by atomic mass is 35.5. The molecule has 4 aromatic rings. The molecular weight excluding hydrogens is 513 g/mol. The van der Waals surface area contributed by atoms with Crippen LogP contribution in [0.1, 0.15) is 21.5 Å². The zero-order valence-corrected chi connectivity index (χ0v) is 21.6. The van der Waals surface area contributed by atoms with Crippen molar-refractivity contribution in [2.75, 3.05) is 12.4 Å². The molecule has 4 nitrogen and oxygen atoms in total. The number of rotatable bonds is 7. The molecule has 0 bridgehead atoms. The second kappa shape index (κ2) is 10.7. The van der Waals surface area contributed by atoms with Gasteiger partial charge in [-0.15, -0.1) is 0 Å². The van der Waals surface area contributed by atoms with E-state index < -0.39 is 0 Å². The minimum absolute atomic E-state index is 0.110. The highest BCUT2D eigenvalue weighted by molar-refractivity contribution is 7.99. The summed E-state index contributed by atoms with van der Waals surface area (Å²) in [6, 6.07) is 24.7. The van der Waals surface area contributed by atoms with E-state index in [4.69, 9.17) is 32.7 Å². The maximum atomic E-state index is 13.0. The first kappa shape index (κ1) is 24.3. The molecule has 4 aromatic carbocycles. The number of fused-ring (bicyclic) bond motifs is 2. The number of methoxy groups -OCH3 is 1. The molecule has 5 rings (SSSR count). The van der Waals surface area contributed by atoms with E-state index in [1.165, 1.54) is 0 Å². The molecule has 1 aliphatic rings. The summed E-state index contributed by atoms with van der Waals surface area (Å²) in [4.78, 5) is 15.3. The number of para-hydroxylation sites is 2. The monoisotopic (exact) mass is 533 g/mol. The van der Waals surface area contributed by atoms with Crippen molar-refractivity contribution in [1.29, 1.82) is 0 Å². The van der Waals surface area contributed by atoms with Gasteiger partial charge in [-0.05, 0) is 66.2 Å². The molecule has 0 saturated carbocycles. The summed E-state index contributed by atoms with van der Waals surface area (Å²) in [5.74, 6) is 0.996. The van der Waals surface area contributed by atoms with Gasteiger partial charge in [-0.1, -0.05) is 65.3 Å². The summed E-state index contributed by atoms with van der Waals surface area (Å²) in [5.41, 5.74) is 4.14. The lowest BCUT2D eigenvalue weighted by atomic mass is 10.1. The second-order valence-corrected chi connectivity index (χ2v) is 9.95. The smallest absolute Gasteiger partial charge is 0.185 e. The molecule has 0 fully saturated rings. The Labute approximate surface area is 223 Å². The lowest BCUT2D eigenvalue weighted by Crippen LogP contribution is -2.02. The fraction of sp³-hybridized carbons (Fsp3) is 0.0690. The normalized spacial score (nSPS) is 12.0. The number of halogens is 2. The van der Waals surface area contributed by atoms with Crippen LogP contribution in [0.2, 0.25) is 10.0 Å². The van der Waals surface area contributed by atoms with Gasteiger partial charge in [-0.2, -0.15) is 0 Å². The highest BCUT2D eigenvalue weighted by Gasteiger charge is 2.17. The van der Waals surface area contributed by atoms with E-state index in [1.54, 1.807) is 43.2 Å². The molecule has 0 radical (unpaired) electrons. The number of benzene rings is 4. The largest absolute Gasteiger partial charge is 0.493 e. The van der Waals surface area contributed by atoms with Crippen molar-refractivity contribution in [3.05, 3.63) is 112 Å². The highest BCUT2D eigenvalue weighted by Crippen LogP contribution is 2.44. The molecule has 180 valence electrons. The first-order valence-electron chi connectivity index (χ1n) is 11.2. The van der Waals surface area contributed by atoms with Crippen molar-refractivity contribution in [3.8, 4) is 11.5 Å². The Bertz CT molecular complexity index is 1490. The van der Waals surface area contributed by atoms with Crippen LogP contribution in [0.5, 0.6) is 11.5 Å². The van der Waals surface area contributed by atoms with Gasteiger partial charge in [0.05, 0.1) is 28.5 Å². The molecule has 0 spiro atoms. The number of hydrogen-bond donors (Lipinski definition) is 1. The third-order valence-corrected chi connectivity index (χ3v) is 7.54. The summed E-state index contributed by atoms with van der Waals surface area (Å²) in [7, 11) is 1.58. The van der Waals surface area contributed by atoms with Crippen LogP contribution >= 0.6 is 35.0 Å². The minimum Gasteiger partial charge on any atom is -0.493 e. The summed E-state index contributed by atoms with van der Waals surface area (Å²) in [5, 5.41) is 4.37. The van der Waals surface area contributed by atoms with Gasteiger partial charge in [0.1, 0.15) is 6.61 Å². The topological polar surface area (TPSA) is 47.6 Å². The number of hydrogen-bond acceptors (Lipinski definition) is 5. The predicted octanol–water partition coefficient (Wildman–Crippen LogP) is 8.69. The molecule has 1 aliphatic heterocycles. The third-order valence-electron chi connectivity index (χ3n) is 5.65. The van der Waals surface area contributed by atoms with Crippen molar-refractivity contribution >= 4 is 58.2 Å². The quantitative estimate of drug-likeness (QED) is 0.167. The SMILES string of the molecule is COc1cccc(/C=C/C(=O)c2ccc3c(c2)Nc2ccccc2S3)c1OCc1ccc(Cl)c(Cl)c1. The fourth-order valence-electron chi connectivity index (χ4n) is 3.82. The number of ether oxygens (including phenoxy) is 2.